The van der Waals surface area contributed by atoms with Gasteiger partial charge in [-0.1, -0.05) is 60.5 Å². The molecular weight excluding hydrogens is 455 g/mol. The largest absolute Gasteiger partial charge is 0.326 e. The summed E-state index contributed by atoms with van der Waals surface area (Å²) in [5.41, 5.74) is 3.07. The summed E-state index contributed by atoms with van der Waals surface area (Å²) in [6.45, 7) is 2.10. The Morgan fingerprint density at radius 2 is 1.55 bits per heavy atom. The van der Waals surface area contributed by atoms with Crippen LogP contribution in [0.25, 0.3) is 0 Å². The topological polar surface area (TPSA) is 75.3 Å². The van der Waals surface area contributed by atoms with E-state index in [4.69, 9.17) is 23.2 Å². The lowest BCUT2D eigenvalue weighted by Crippen LogP contribution is -2.14. The molecule has 0 fully saturated rings. The Morgan fingerprint density at radius 1 is 0.903 bits per heavy atom. The zero-order valence-electron chi connectivity index (χ0n) is 16.9. The maximum atomic E-state index is 12.6. The Morgan fingerprint density at radius 3 is 2.19 bits per heavy atom. The summed E-state index contributed by atoms with van der Waals surface area (Å²) in [5.74, 6) is -0.140. The highest BCUT2D eigenvalue weighted by Crippen LogP contribution is 2.31. The minimum absolute atomic E-state index is 0.0394. The number of hydrogen-bond donors (Lipinski definition) is 2. The minimum Gasteiger partial charge on any atom is -0.326 e. The van der Waals surface area contributed by atoms with Gasteiger partial charge in [-0.25, -0.2) is 8.42 Å². The van der Waals surface area contributed by atoms with E-state index in [0.29, 0.717) is 18.5 Å². The van der Waals surface area contributed by atoms with E-state index in [2.05, 4.69) is 29.1 Å². The molecule has 31 heavy (non-hydrogen) atoms. The molecular formula is C23H22Cl2N2O3S. The molecule has 5 nitrogen and oxygen atoms in total. The van der Waals surface area contributed by atoms with E-state index >= 15 is 0 Å². The van der Waals surface area contributed by atoms with Gasteiger partial charge in [0.15, 0.2) is 0 Å². The van der Waals surface area contributed by atoms with E-state index in [1.807, 2.05) is 12.1 Å². The Hall–Kier alpha value is -2.54. The number of halogens is 2. The van der Waals surface area contributed by atoms with Crippen molar-refractivity contribution in [3.63, 3.8) is 0 Å². The third-order valence-electron chi connectivity index (χ3n) is 4.72. The van der Waals surface area contributed by atoms with Crippen LogP contribution in [0.15, 0.2) is 71.6 Å². The number of hydrogen-bond acceptors (Lipinski definition) is 3. The van der Waals surface area contributed by atoms with Crippen LogP contribution in [-0.2, 0) is 27.7 Å². The molecule has 2 N–H and O–H groups in total. The maximum absolute atomic E-state index is 12.6. The molecule has 0 aliphatic carbocycles. The highest BCUT2D eigenvalue weighted by Gasteiger charge is 2.17. The molecule has 0 bridgehead atoms. The van der Waals surface area contributed by atoms with E-state index in [1.54, 1.807) is 24.3 Å². The fourth-order valence-corrected chi connectivity index (χ4v) is 4.40. The molecule has 0 spiro atoms. The lowest BCUT2D eigenvalue weighted by Gasteiger charge is -2.11. The number of benzene rings is 3. The summed E-state index contributed by atoms with van der Waals surface area (Å²) in [6.07, 6.45) is 1.95. The monoisotopic (exact) mass is 476 g/mol. The third-order valence-corrected chi connectivity index (χ3v) is 6.92. The van der Waals surface area contributed by atoms with Gasteiger partial charge >= 0.3 is 0 Å². The van der Waals surface area contributed by atoms with Gasteiger partial charge in [0, 0.05) is 12.1 Å². The standard InChI is InChI=1S/C23H22Cl2N2O3S/c1-2-16-6-8-17(9-7-16)10-15-22(28)26-18-11-13-19(14-12-18)31(29,30)27-21-5-3-4-20(24)23(21)25/h3-9,11-14,27H,2,10,15H2,1H3,(H,26,28). The average Bonchev–Trinajstić information content (AvgIpc) is 2.76. The number of amides is 1. The van der Waals surface area contributed by atoms with Gasteiger partial charge in [-0.05, 0) is 60.4 Å². The van der Waals surface area contributed by atoms with Gasteiger partial charge in [-0.15, -0.1) is 0 Å². The molecule has 0 heterocycles. The summed E-state index contributed by atoms with van der Waals surface area (Å²) in [6, 6.07) is 18.8. The van der Waals surface area contributed by atoms with Crippen molar-refractivity contribution >= 4 is 50.5 Å². The molecule has 3 rings (SSSR count). The highest BCUT2D eigenvalue weighted by molar-refractivity contribution is 7.92. The Balaban J connectivity index is 1.59. The van der Waals surface area contributed by atoms with Gasteiger partial charge < -0.3 is 5.32 Å². The van der Waals surface area contributed by atoms with Gasteiger partial charge in [-0.2, -0.15) is 0 Å². The molecule has 3 aromatic carbocycles. The molecule has 0 saturated carbocycles. The third kappa shape index (κ3) is 6.23. The summed E-state index contributed by atoms with van der Waals surface area (Å²) >= 11 is 12.0. The van der Waals surface area contributed by atoms with Crippen molar-refractivity contribution in [1.29, 1.82) is 0 Å². The highest BCUT2D eigenvalue weighted by atomic mass is 35.5. The molecule has 0 saturated heterocycles. The van der Waals surface area contributed by atoms with Gasteiger partial charge in [0.05, 0.1) is 20.6 Å². The molecule has 0 atom stereocenters. The number of sulfonamides is 1. The van der Waals surface area contributed by atoms with E-state index in [9.17, 15) is 13.2 Å². The predicted molar refractivity (Wildman–Crippen MR) is 126 cm³/mol. The van der Waals surface area contributed by atoms with Crippen molar-refractivity contribution in [3.05, 3.63) is 87.9 Å². The fourth-order valence-electron chi connectivity index (χ4n) is 2.93. The van der Waals surface area contributed by atoms with Crippen LogP contribution in [0.3, 0.4) is 0 Å². The molecule has 3 aromatic rings. The summed E-state index contributed by atoms with van der Waals surface area (Å²) in [4.78, 5) is 12.3. The van der Waals surface area contributed by atoms with E-state index in [1.165, 1.54) is 23.8 Å². The summed E-state index contributed by atoms with van der Waals surface area (Å²) < 4.78 is 27.6. The van der Waals surface area contributed by atoms with E-state index < -0.39 is 10.0 Å². The van der Waals surface area contributed by atoms with Crippen LogP contribution in [0.2, 0.25) is 10.0 Å². The van der Waals surface area contributed by atoms with Crippen LogP contribution >= 0.6 is 23.2 Å². The van der Waals surface area contributed by atoms with Gasteiger partial charge in [0.25, 0.3) is 10.0 Å². The molecule has 0 aliphatic heterocycles. The molecule has 0 aromatic heterocycles. The SMILES string of the molecule is CCc1ccc(CCC(=O)Nc2ccc(S(=O)(=O)Nc3cccc(Cl)c3Cl)cc2)cc1. The zero-order valence-corrected chi connectivity index (χ0v) is 19.2. The lowest BCUT2D eigenvalue weighted by molar-refractivity contribution is -0.116. The van der Waals surface area contributed by atoms with Gasteiger partial charge in [-0.3, -0.25) is 9.52 Å². The number of anilines is 2. The Bertz CT molecular complexity index is 1160. The number of aryl methyl sites for hydroxylation is 2. The molecule has 1 amide bonds. The average molecular weight is 477 g/mol. The first-order valence-electron chi connectivity index (χ1n) is 9.73. The van der Waals surface area contributed by atoms with Crippen LogP contribution in [0.5, 0.6) is 0 Å². The normalized spacial score (nSPS) is 11.2. The van der Waals surface area contributed by atoms with Crippen LogP contribution < -0.4 is 10.0 Å². The van der Waals surface area contributed by atoms with E-state index in [0.717, 1.165) is 12.0 Å². The van der Waals surface area contributed by atoms with Crippen molar-refractivity contribution in [2.24, 2.45) is 0 Å². The van der Waals surface area contributed by atoms with Crippen LogP contribution in [0.1, 0.15) is 24.5 Å². The maximum Gasteiger partial charge on any atom is 0.261 e. The summed E-state index contributed by atoms with van der Waals surface area (Å²) in [5, 5.41) is 3.16. The minimum atomic E-state index is -3.86. The molecule has 162 valence electrons. The molecule has 0 aliphatic rings. The zero-order chi connectivity index (χ0) is 22.4. The van der Waals surface area contributed by atoms with Crippen molar-refractivity contribution < 1.29 is 13.2 Å². The smallest absolute Gasteiger partial charge is 0.261 e. The number of nitrogens with one attached hydrogen (secondary N) is 2. The first-order valence-corrected chi connectivity index (χ1v) is 12.0. The molecule has 0 radical (unpaired) electrons. The van der Waals surface area contributed by atoms with Crippen molar-refractivity contribution in [3.8, 4) is 0 Å². The second kappa shape index (κ2) is 10.2. The molecule has 0 unspecified atom stereocenters. The predicted octanol–water partition coefficient (Wildman–Crippen LogP) is 5.93. The fraction of sp³-hybridized carbons (Fsp3) is 0.174. The van der Waals surface area contributed by atoms with Crippen molar-refractivity contribution in [2.75, 3.05) is 10.0 Å². The first-order chi connectivity index (χ1) is 14.8. The van der Waals surface area contributed by atoms with E-state index in [-0.39, 0.29) is 26.5 Å². The van der Waals surface area contributed by atoms with Crippen molar-refractivity contribution in [2.45, 2.75) is 31.1 Å². The van der Waals surface area contributed by atoms with Gasteiger partial charge in [0.2, 0.25) is 5.91 Å². The Labute approximate surface area is 192 Å². The van der Waals surface area contributed by atoms with Crippen LogP contribution in [0, 0.1) is 0 Å². The second-order valence-electron chi connectivity index (χ2n) is 6.95. The van der Waals surface area contributed by atoms with Crippen LogP contribution in [-0.4, -0.2) is 14.3 Å². The summed E-state index contributed by atoms with van der Waals surface area (Å²) in [7, 11) is -3.86. The van der Waals surface area contributed by atoms with Crippen LogP contribution in [0.4, 0.5) is 11.4 Å². The Kier molecular flexibility index (Phi) is 7.59. The van der Waals surface area contributed by atoms with Crippen molar-refractivity contribution in [1.82, 2.24) is 0 Å². The first kappa shape index (κ1) is 23.1. The number of carbonyl (C=O) groups is 1. The van der Waals surface area contributed by atoms with Gasteiger partial charge in [0.1, 0.15) is 0 Å². The second-order valence-corrected chi connectivity index (χ2v) is 9.42. The quantitative estimate of drug-likeness (QED) is 0.423. The number of carbonyl (C=O) groups excluding carboxylic acids is 1. The number of rotatable bonds is 8. The lowest BCUT2D eigenvalue weighted by atomic mass is 10.1. The molecule has 8 heteroatoms.